The number of alkyl halides is 3. The fraction of sp³-hybridized carbons (Fsp3) is 0.417. The highest BCUT2D eigenvalue weighted by atomic mass is 19.4. The molecule has 0 aliphatic heterocycles. The number of rotatable bonds is 3. The van der Waals surface area contributed by atoms with E-state index in [0.29, 0.717) is 12.1 Å². The number of halogens is 3. The quantitative estimate of drug-likeness (QED) is 0.876. The molecule has 0 bridgehead atoms. The van der Waals surface area contributed by atoms with Crippen LogP contribution in [0.3, 0.4) is 0 Å². The minimum atomic E-state index is -4.36. The van der Waals surface area contributed by atoms with Crippen molar-refractivity contribution in [1.29, 1.82) is 5.26 Å². The van der Waals surface area contributed by atoms with Gasteiger partial charge in [-0.05, 0) is 31.0 Å². The Hall–Kier alpha value is -1.70. The van der Waals surface area contributed by atoms with Crippen molar-refractivity contribution in [3.63, 3.8) is 0 Å². The SMILES string of the molecule is CCC(C#N)Nc1ccc(C)c(C(F)(F)F)c1. The Kier molecular flexibility index (Phi) is 4.00. The molecule has 0 aliphatic carbocycles. The molecule has 2 nitrogen and oxygen atoms in total. The summed E-state index contributed by atoms with van der Waals surface area (Å²) in [6.45, 7) is 3.20. The molecule has 0 heterocycles. The van der Waals surface area contributed by atoms with E-state index in [1.54, 1.807) is 13.0 Å². The first-order valence-electron chi connectivity index (χ1n) is 5.22. The number of anilines is 1. The van der Waals surface area contributed by atoms with E-state index in [-0.39, 0.29) is 5.56 Å². The third-order valence-electron chi connectivity index (χ3n) is 2.45. The average molecular weight is 242 g/mol. The van der Waals surface area contributed by atoms with Gasteiger partial charge in [0, 0.05) is 5.69 Å². The van der Waals surface area contributed by atoms with Crippen LogP contribution in [0.5, 0.6) is 0 Å². The number of nitrogens with zero attached hydrogens (tertiary/aromatic N) is 1. The normalized spacial score (nSPS) is 12.9. The zero-order valence-electron chi connectivity index (χ0n) is 9.60. The van der Waals surface area contributed by atoms with Crippen molar-refractivity contribution in [2.45, 2.75) is 32.5 Å². The summed E-state index contributed by atoms with van der Waals surface area (Å²) in [7, 11) is 0. The van der Waals surface area contributed by atoms with Gasteiger partial charge in [0.1, 0.15) is 6.04 Å². The molecule has 5 heteroatoms. The Morgan fingerprint density at radius 1 is 1.41 bits per heavy atom. The molecule has 1 aromatic carbocycles. The molecule has 0 aliphatic rings. The van der Waals surface area contributed by atoms with Gasteiger partial charge in [0.05, 0.1) is 11.6 Å². The number of nitriles is 1. The Morgan fingerprint density at radius 3 is 2.53 bits per heavy atom. The number of aryl methyl sites for hydroxylation is 1. The number of hydrogen-bond donors (Lipinski definition) is 1. The van der Waals surface area contributed by atoms with E-state index in [1.807, 2.05) is 6.07 Å². The van der Waals surface area contributed by atoms with Gasteiger partial charge in [-0.3, -0.25) is 0 Å². The average Bonchev–Trinajstić information content (AvgIpc) is 2.26. The molecule has 1 unspecified atom stereocenters. The van der Waals surface area contributed by atoms with E-state index in [1.165, 1.54) is 13.0 Å². The van der Waals surface area contributed by atoms with E-state index in [4.69, 9.17) is 5.26 Å². The molecule has 0 aromatic heterocycles. The Bertz CT molecular complexity index is 432. The summed E-state index contributed by atoms with van der Waals surface area (Å²) in [5.74, 6) is 0. The van der Waals surface area contributed by atoms with Gasteiger partial charge in [0.25, 0.3) is 0 Å². The zero-order chi connectivity index (χ0) is 13.1. The van der Waals surface area contributed by atoms with E-state index >= 15 is 0 Å². The van der Waals surface area contributed by atoms with Crippen LogP contribution < -0.4 is 5.32 Å². The summed E-state index contributed by atoms with van der Waals surface area (Å²) in [4.78, 5) is 0. The predicted octanol–water partition coefficient (Wildman–Crippen LogP) is 3.73. The third kappa shape index (κ3) is 3.38. The van der Waals surface area contributed by atoms with Crippen molar-refractivity contribution in [2.24, 2.45) is 0 Å². The van der Waals surface area contributed by atoms with Crippen LogP contribution in [-0.2, 0) is 6.18 Å². The minimum Gasteiger partial charge on any atom is -0.370 e. The fourth-order valence-corrected chi connectivity index (χ4v) is 1.44. The van der Waals surface area contributed by atoms with E-state index in [2.05, 4.69) is 5.32 Å². The molecule has 92 valence electrons. The van der Waals surface area contributed by atoms with Crippen molar-refractivity contribution in [3.8, 4) is 6.07 Å². The van der Waals surface area contributed by atoms with Crippen LogP contribution in [0.15, 0.2) is 18.2 Å². The van der Waals surface area contributed by atoms with Gasteiger partial charge in [0.15, 0.2) is 0 Å². The van der Waals surface area contributed by atoms with E-state index in [9.17, 15) is 13.2 Å². The standard InChI is InChI=1S/C12H13F3N2/c1-3-9(7-16)17-10-5-4-8(2)11(6-10)12(13,14)15/h4-6,9,17H,3H2,1-2H3. The second kappa shape index (κ2) is 5.09. The lowest BCUT2D eigenvalue weighted by molar-refractivity contribution is -0.138. The van der Waals surface area contributed by atoms with Gasteiger partial charge in [-0.15, -0.1) is 0 Å². The maximum Gasteiger partial charge on any atom is 0.416 e. The molecular formula is C12H13F3N2. The van der Waals surface area contributed by atoms with E-state index < -0.39 is 17.8 Å². The van der Waals surface area contributed by atoms with E-state index in [0.717, 1.165) is 6.07 Å². The number of hydrogen-bond acceptors (Lipinski definition) is 2. The molecular weight excluding hydrogens is 229 g/mol. The minimum absolute atomic E-state index is 0.174. The third-order valence-corrected chi connectivity index (χ3v) is 2.45. The lowest BCUT2D eigenvalue weighted by atomic mass is 10.1. The first-order valence-corrected chi connectivity index (χ1v) is 5.22. The van der Waals surface area contributed by atoms with Gasteiger partial charge in [0.2, 0.25) is 0 Å². The highest BCUT2D eigenvalue weighted by Crippen LogP contribution is 2.33. The molecule has 0 amide bonds. The molecule has 1 rings (SSSR count). The molecule has 0 saturated carbocycles. The number of nitrogens with one attached hydrogen (secondary N) is 1. The summed E-state index contributed by atoms with van der Waals surface area (Å²) in [5.41, 5.74) is -0.181. The summed E-state index contributed by atoms with van der Waals surface area (Å²) in [6.07, 6.45) is -3.83. The largest absolute Gasteiger partial charge is 0.416 e. The Balaban J connectivity index is 3.02. The molecule has 0 radical (unpaired) electrons. The van der Waals surface area contributed by atoms with Gasteiger partial charge >= 0.3 is 6.18 Å². The Labute approximate surface area is 98.1 Å². The topological polar surface area (TPSA) is 35.8 Å². The van der Waals surface area contributed by atoms with Crippen molar-refractivity contribution >= 4 is 5.69 Å². The van der Waals surface area contributed by atoms with Crippen LogP contribution in [0.2, 0.25) is 0 Å². The lowest BCUT2D eigenvalue weighted by Gasteiger charge is -2.15. The first kappa shape index (κ1) is 13.4. The second-order valence-corrected chi connectivity index (χ2v) is 3.76. The summed E-state index contributed by atoms with van der Waals surface area (Å²) < 4.78 is 37.9. The van der Waals surface area contributed by atoms with Gasteiger partial charge in [-0.1, -0.05) is 13.0 Å². The van der Waals surface area contributed by atoms with Crippen LogP contribution in [0.25, 0.3) is 0 Å². The maximum atomic E-state index is 12.6. The van der Waals surface area contributed by atoms with Crippen LogP contribution in [0, 0.1) is 18.3 Å². The second-order valence-electron chi connectivity index (χ2n) is 3.76. The molecule has 1 N–H and O–H groups in total. The molecule has 1 aromatic rings. The molecule has 17 heavy (non-hydrogen) atoms. The van der Waals surface area contributed by atoms with Crippen LogP contribution in [0.4, 0.5) is 18.9 Å². The first-order chi connectivity index (χ1) is 7.88. The molecule has 1 atom stereocenters. The van der Waals surface area contributed by atoms with Crippen molar-refractivity contribution < 1.29 is 13.2 Å². The smallest absolute Gasteiger partial charge is 0.370 e. The highest BCUT2D eigenvalue weighted by Gasteiger charge is 2.32. The zero-order valence-corrected chi connectivity index (χ0v) is 9.60. The highest BCUT2D eigenvalue weighted by molar-refractivity contribution is 5.50. The number of benzene rings is 1. The summed E-state index contributed by atoms with van der Waals surface area (Å²) in [6, 6.07) is 5.49. The van der Waals surface area contributed by atoms with Gasteiger partial charge < -0.3 is 5.32 Å². The van der Waals surface area contributed by atoms with Crippen LogP contribution in [-0.4, -0.2) is 6.04 Å². The predicted molar refractivity (Wildman–Crippen MR) is 59.5 cm³/mol. The van der Waals surface area contributed by atoms with Crippen molar-refractivity contribution in [3.05, 3.63) is 29.3 Å². The monoisotopic (exact) mass is 242 g/mol. The van der Waals surface area contributed by atoms with Gasteiger partial charge in [-0.25, -0.2) is 0 Å². The fourth-order valence-electron chi connectivity index (χ4n) is 1.44. The van der Waals surface area contributed by atoms with Gasteiger partial charge in [-0.2, -0.15) is 18.4 Å². The lowest BCUT2D eigenvalue weighted by Crippen LogP contribution is -2.16. The van der Waals surface area contributed by atoms with Crippen LogP contribution >= 0.6 is 0 Å². The Morgan fingerprint density at radius 2 is 2.06 bits per heavy atom. The van der Waals surface area contributed by atoms with Crippen molar-refractivity contribution in [1.82, 2.24) is 0 Å². The summed E-state index contributed by atoms with van der Waals surface area (Å²) >= 11 is 0. The maximum absolute atomic E-state index is 12.6. The van der Waals surface area contributed by atoms with Crippen LogP contribution in [0.1, 0.15) is 24.5 Å². The van der Waals surface area contributed by atoms with Crippen molar-refractivity contribution in [2.75, 3.05) is 5.32 Å². The molecule has 0 saturated heterocycles. The summed E-state index contributed by atoms with van der Waals surface area (Å²) in [5, 5.41) is 11.5. The molecule has 0 spiro atoms. The molecule has 0 fully saturated rings.